The molecule has 2 amide bonds. The van der Waals surface area contributed by atoms with Gasteiger partial charge in [-0.05, 0) is 24.5 Å². The summed E-state index contributed by atoms with van der Waals surface area (Å²) in [6.45, 7) is 4.00. The maximum atomic E-state index is 12.7. The van der Waals surface area contributed by atoms with Gasteiger partial charge in [0.05, 0.1) is 21.3 Å². The molecule has 1 aromatic rings. The highest BCUT2D eigenvalue weighted by molar-refractivity contribution is 5.98. The zero-order valence-electron chi connectivity index (χ0n) is 16.0. The molecule has 0 aliphatic heterocycles. The van der Waals surface area contributed by atoms with Crippen molar-refractivity contribution < 1.29 is 23.8 Å². The molecule has 0 aliphatic carbocycles. The Balaban J connectivity index is 3.14. The maximum Gasteiger partial charge on any atom is 0.252 e. The van der Waals surface area contributed by atoms with Crippen molar-refractivity contribution in [3.63, 3.8) is 0 Å². The minimum atomic E-state index is -0.596. The zero-order valence-corrected chi connectivity index (χ0v) is 16.0. The lowest BCUT2D eigenvalue weighted by Gasteiger charge is -2.23. The number of carbonyl (C=O) groups is 2. The molecule has 7 nitrogen and oxygen atoms in total. The van der Waals surface area contributed by atoms with Crippen molar-refractivity contribution >= 4 is 11.8 Å². The lowest BCUT2D eigenvalue weighted by molar-refractivity contribution is -0.131. The molecule has 1 N–H and O–H groups in total. The average molecular weight is 352 g/mol. The molecule has 0 aliphatic rings. The summed E-state index contributed by atoms with van der Waals surface area (Å²) in [4.78, 5) is 26.5. The van der Waals surface area contributed by atoms with Gasteiger partial charge in [0, 0.05) is 19.7 Å². The highest BCUT2D eigenvalue weighted by Gasteiger charge is 2.25. The van der Waals surface area contributed by atoms with Gasteiger partial charge in [0.15, 0.2) is 11.5 Å². The fourth-order valence-corrected chi connectivity index (χ4v) is 2.46. The summed E-state index contributed by atoms with van der Waals surface area (Å²) in [5, 5.41) is 2.80. The second-order valence-electron chi connectivity index (χ2n) is 6.30. The Morgan fingerprint density at radius 2 is 1.56 bits per heavy atom. The second kappa shape index (κ2) is 9.15. The van der Waals surface area contributed by atoms with Gasteiger partial charge in [-0.25, -0.2) is 0 Å². The smallest absolute Gasteiger partial charge is 0.252 e. The van der Waals surface area contributed by atoms with Gasteiger partial charge in [-0.1, -0.05) is 13.8 Å². The molecule has 0 saturated carbocycles. The van der Waals surface area contributed by atoms with E-state index in [1.807, 2.05) is 13.8 Å². The number of benzene rings is 1. The van der Waals surface area contributed by atoms with Crippen molar-refractivity contribution in [3.05, 3.63) is 17.7 Å². The molecule has 1 atom stereocenters. The summed E-state index contributed by atoms with van der Waals surface area (Å²) in [5.74, 6) is 0.908. The van der Waals surface area contributed by atoms with Crippen LogP contribution in [-0.2, 0) is 4.79 Å². The van der Waals surface area contributed by atoms with Crippen molar-refractivity contribution in [1.82, 2.24) is 10.2 Å². The van der Waals surface area contributed by atoms with Gasteiger partial charge in [-0.2, -0.15) is 0 Å². The average Bonchev–Trinajstić information content (AvgIpc) is 2.58. The Labute approximate surface area is 149 Å². The Hall–Kier alpha value is -2.44. The third kappa shape index (κ3) is 5.27. The van der Waals surface area contributed by atoms with E-state index < -0.39 is 6.04 Å². The summed E-state index contributed by atoms with van der Waals surface area (Å²) in [6.07, 6.45) is 0.549. The molecule has 0 unspecified atom stereocenters. The molecule has 0 spiro atoms. The predicted octanol–water partition coefficient (Wildman–Crippen LogP) is 1.95. The third-order valence-electron chi connectivity index (χ3n) is 3.68. The highest BCUT2D eigenvalue weighted by atomic mass is 16.5. The minimum absolute atomic E-state index is 0.144. The summed E-state index contributed by atoms with van der Waals surface area (Å²) in [5.41, 5.74) is 0.329. The third-order valence-corrected chi connectivity index (χ3v) is 3.68. The van der Waals surface area contributed by atoms with E-state index in [4.69, 9.17) is 14.2 Å². The molecule has 1 rings (SSSR count). The van der Waals surface area contributed by atoms with Crippen LogP contribution in [0.4, 0.5) is 0 Å². The molecular formula is C18H28N2O5. The summed E-state index contributed by atoms with van der Waals surface area (Å²) >= 11 is 0. The molecule has 140 valence electrons. The molecular weight excluding hydrogens is 324 g/mol. The Bertz CT molecular complexity index is 588. The first-order chi connectivity index (χ1) is 11.7. The molecule has 25 heavy (non-hydrogen) atoms. The van der Waals surface area contributed by atoms with Gasteiger partial charge in [-0.3, -0.25) is 9.59 Å². The lowest BCUT2D eigenvalue weighted by atomic mass is 10.0. The molecule has 0 bridgehead atoms. The van der Waals surface area contributed by atoms with Gasteiger partial charge < -0.3 is 24.4 Å². The van der Waals surface area contributed by atoms with E-state index >= 15 is 0 Å². The van der Waals surface area contributed by atoms with E-state index in [1.165, 1.54) is 26.2 Å². The van der Waals surface area contributed by atoms with Crippen LogP contribution in [0.25, 0.3) is 0 Å². The highest BCUT2D eigenvalue weighted by Crippen LogP contribution is 2.38. The summed E-state index contributed by atoms with van der Waals surface area (Å²) < 4.78 is 15.8. The Morgan fingerprint density at radius 3 is 1.92 bits per heavy atom. The molecule has 0 aromatic heterocycles. The normalized spacial score (nSPS) is 11.7. The van der Waals surface area contributed by atoms with Crippen LogP contribution in [0.3, 0.4) is 0 Å². The number of likely N-dealkylation sites (N-methyl/N-ethyl adjacent to an activating group) is 1. The van der Waals surface area contributed by atoms with Crippen LogP contribution >= 0.6 is 0 Å². The van der Waals surface area contributed by atoms with Gasteiger partial charge in [0.1, 0.15) is 6.04 Å². The number of amides is 2. The number of nitrogens with one attached hydrogen (secondary N) is 1. The number of hydrogen-bond donors (Lipinski definition) is 1. The van der Waals surface area contributed by atoms with Gasteiger partial charge >= 0.3 is 0 Å². The number of ether oxygens (including phenoxy) is 3. The van der Waals surface area contributed by atoms with Crippen LogP contribution in [0.2, 0.25) is 0 Å². The maximum absolute atomic E-state index is 12.7. The van der Waals surface area contributed by atoms with Crippen molar-refractivity contribution in [2.24, 2.45) is 5.92 Å². The van der Waals surface area contributed by atoms with E-state index in [1.54, 1.807) is 26.2 Å². The van der Waals surface area contributed by atoms with E-state index in [2.05, 4.69) is 5.32 Å². The van der Waals surface area contributed by atoms with Gasteiger partial charge in [0.2, 0.25) is 11.7 Å². The standard InChI is InChI=1S/C18H28N2O5/c1-11(2)8-13(18(22)20(3)4)19-17(21)12-9-14(23-5)16(25-7)15(10-12)24-6/h9-11,13H,8H2,1-7H3,(H,19,21)/t13-/m1/s1. The molecule has 7 heteroatoms. The number of rotatable bonds is 8. The SMILES string of the molecule is COc1cc(C(=O)N[C@H](CC(C)C)C(=O)N(C)C)cc(OC)c1OC. The number of methoxy groups -OCH3 is 3. The first-order valence-corrected chi connectivity index (χ1v) is 8.07. The monoisotopic (exact) mass is 352 g/mol. The van der Waals surface area contributed by atoms with E-state index in [0.29, 0.717) is 29.2 Å². The topological polar surface area (TPSA) is 77.1 Å². The quantitative estimate of drug-likeness (QED) is 0.774. The van der Waals surface area contributed by atoms with Crippen LogP contribution in [0.5, 0.6) is 17.2 Å². The lowest BCUT2D eigenvalue weighted by Crippen LogP contribution is -2.46. The van der Waals surface area contributed by atoms with Crippen molar-refractivity contribution in [2.75, 3.05) is 35.4 Å². The molecule has 0 heterocycles. The van der Waals surface area contributed by atoms with Crippen molar-refractivity contribution in [1.29, 1.82) is 0 Å². The fraction of sp³-hybridized carbons (Fsp3) is 0.556. The molecule has 0 saturated heterocycles. The van der Waals surface area contributed by atoms with Gasteiger partial charge in [-0.15, -0.1) is 0 Å². The fourth-order valence-electron chi connectivity index (χ4n) is 2.46. The molecule has 1 aromatic carbocycles. The van der Waals surface area contributed by atoms with E-state index in [9.17, 15) is 9.59 Å². The zero-order chi connectivity index (χ0) is 19.1. The number of carbonyl (C=O) groups excluding carboxylic acids is 2. The van der Waals surface area contributed by atoms with Gasteiger partial charge in [0.25, 0.3) is 5.91 Å². The van der Waals surface area contributed by atoms with E-state index in [0.717, 1.165) is 0 Å². The van der Waals surface area contributed by atoms with Crippen LogP contribution in [0, 0.1) is 5.92 Å². The van der Waals surface area contributed by atoms with Crippen molar-refractivity contribution in [3.8, 4) is 17.2 Å². The predicted molar refractivity (Wildman–Crippen MR) is 95.5 cm³/mol. The first kappa shape index (κ1) is 20.6. The number of hydrogen-bond acceptors (Lipinski definition) is 5. The molecule has 0 radical (unpaired) electrons. The van der Waals surface area contributed by atoms with Crippen LogP contribution < -0.4 is 19.5 Å². The van der Waals surface area contributed by atoms with E-state index in [-0.39, 0.29) is 17.7 Å². The minimum Gasteiger partial charge on any atom is -0.493 e. The first-order valence-electron chi connectivity index (χ1n) is 8.07. The van der Waals surface area contributed by atoms with Crippen molar-refractivity contribution in [2.45, 2.75) is 26.3 Å². The van der Waals surface area contributed by atoms with Crippen LogP contribution in [-0.4, -0.2) is 58.2 Å². The summed E-state index contributed by atoms with van der Waals surface area (Å²) in [6, 6.07) is 2.52. The summed E-state index contributed by atoms with van der Waals surface area (Å²) in [7, 11) is 7.79. The number of nitrogens with zero attached hydrogens (tertiary/aromatic N) is 1. The largest absolute Gasteiger partial charge is 0.493 e. The molecule has 0 fully saturated rings. The van der Waals surface area contributed by atoms with Crippen LogP contribution in [0.1, 0.15) is 30.6 Å². The Kier molecular flexibility index (Phi) is 7.54. The van der Waals surface area contributed by atoms with Crippen LogP contribution in [0.15, 0.2) is 12.1 Å². The Morgan fingerprint density at radius 1 is 1.04 bits per heavy atom. The second-order valence-corrected chi connectivity index (χ2v) is 6.30.